The first kappa shape index (κ1) is 16.6. The number of ether oxygens (including phenoxy) is 1. The van der Waals surface area contributed by atoms with Crippen molar-refractivity contribution in [3.05, 3.63) is 24.3 Å². The topological polar surface area (TPSA) is 44.8 Å². The van der Waals surface area contributed by atoms with Crippen LogP contribution < -0.4 is 15.0 Å². The van der Waals surface area contributed by atoms with Crippen LogP contribution in [0.3, 0.4) is 0 Å². The molecule has 1 N–H and O–H groups in total. The van der Waals surface area contributed by atoms with Gasteiger partial charge in [-0.2, -0.15) is 0 Å². The summed E-state index contributed by atoms with van der Waals surface area (Å²) in [4.78, 5) is 16.4. The molecule has 5 heteroatoms. The molecule has 1 saturated heterocycles. The van der Waals surface area contributed by atoms with E-state index in [1.807, 2.05) is 17.0 Å². The van der Waals surface area contributed by atoms with Gasteiger partial charge in [0.25, 0.3) is 0 Å². The Kier molecular flexibility index (Phi) is 5.29. The van der Waals surface area contributed by atoms with E-state index >= 15 is 0 Å². The molecule has 1 aromatic rings. The zero-order valence-electron chi connectivity index (χ0n) is 14.1. The van der Waals surface area contributed by atoms with Gasteiger partial charge in [-0.1, -0.05) is 0 Å². The van der Waals surface area contributed by atoms with Crippen molar-refractivity contribution in [1.82, 2.24) is 10.2 Å². The summed E-state index contributed by atoms with van der Waals surface area (Å²) in [6, 6.07) is 8.08. The summed E-state index contributed by atoms with van der Waals surface area (Å²) in [5.74, 6) is 1.05. The minimum absolute atomic E-state index is 0.0272. The molecule has 0 bridgehead atoms. The molecule has 1 fully saturated rings. The fraction of sp³-hybridized carbons (Fsp3) is 0.588. The third kappa shape index (κ3) is 4.63. The van der Waals surface area contributed by atoms with Crippen molar-refractivity contribution in [1.29, 1.82) is 0 Å². The van der Waals surface area contributed by atoms with E-state index in [1.165, 1.54) is 5.69 Å². The van der Waals surface area contributed by atoms with Crippen LogP contribution in [0, 0.1) is 0 Å². The molecule has 1 heterocycles. The summed E-state index contributed by atoms with van der Waals surface area (Å²) < 4.78 is 5.18. The van der Waals surface area contributed by atoms with Crippen molar-refractivity contribution in [2.45, 2.75) is 26.3 Å². The third-order valence-electron chi connectivity index (χ3n) is 3.84. The lowest BCUT2D eigenvalue weighted by Crippen LogP contribution is -2.52. The number of hydrogen-bond acceptors (Lipinski definition) is 4. The van der Waals surface area contributed by atoms with E-state index in [0.717, 1.165) is 31.9 Å². The van der Waals surface area contributed by atoms with Gasteiger partial charge >= 0.3 is 0 Å². The number of anilines is 1. The summed E-state index contributed by atoms with van der Waals surface area (Å²) in [5, 5.41) is 3.26. The lowest BCUT2D eigenvalue weighted by Gasteiger charge is -2.36. The molecule has 2 rings (SSSR count). The average Bonchev–Trinajstić information content (AvgIpc) is 2.52. The largest absolute Gasteiger partial charge is 0.497 e. The zero-order chi connectivity index (χ0) is 16.2. The van der Waals surface area contributed by atoms with Crippen molar-refractivity contribution in [2.24, 2.45) is 0 Å². The lowest BCUT2D eigenvalue weighted by atomic mass is 10.1. The molecule has 1 aliphatic heterocycles. The van der Waals surface area contributed by atoms with Crippen molar-refractivity contribution in [2.75, 3.05) is 44.7 Å². The molecule has 0 radical (unpaired) electrons. The molecule has 0 aromatic heterocycles. The quantitative estimate of drug-likeness (QED) is 0.920. The maximum atomic E-state index is 12.2. The highest BCUT2D eigenvalue weighted by Gasteiger charge is 2.22. The Morgan fingerprint density at radius 1 is 1.14 bits per heavy atom. The predicted molar refractivity (Wildman–Crippen MR) is 89.5 cm³/mol. The minimum atomic E-state index is -0.0272. The second-order valence-electron chi connectivity index (χ2n) is 6.67. The number of carbonyl (C=O) groups excluding carboxylic acids is 1. The van der Waals surface area contributed by atoms with Crippen molar-refractivity contribution in [3.63, 3.8) is 0 Å². The Bertz CT molecular complexity index is 486. The molecule has 0 saturated carbocycles. The van der Waals surface area contributed by atoms with Crippen LogP contribution in [0.2, 0.25) is 0 Å². The van der Waals surface area contributed by atoms with Gasteiger partial charge in [0.1, 0.15) is 5.75 Å². The summed E-state index contributed by atoms with van der Waals surface area (Å²) in [6.45, 7) is 9.91. The molecular weight excluding hydrogens is 278 g/mol. The van der Waals surface area contributed by atoms with E-state index in [2.05, 4.69) is 43.1 Å². The Labute approximate surface area is 133 Å². The van der Waals surface area contributed by atoms with Crippen LogP contribution in [0.15, 0.2) is 24.3 Å². The van der Waals surface area contributed by atoms with E-state index < -0.39 is 0 Å². The number of benzene rings is 1. The maximum absolute atomic E-state index is 12.2. The summed E-state index contributed by atoms with van der Waals surface area (Å²) in [5.41, 5.74) is 1.15. The van der Waals surface area contributed by atoms with E-state index in [0.29, 0.717) is 6.54 Å². The van der Waals surface area contributed by atoms with Gasteiger partial charge in [0.15, 0.2) is 0 Å². The second-order valence-corrected chi connectivity index (χ2v) is 6.67. The van der Waals surface area contributed by atoms with E-state index in [1.54, 1.807) is 7.11 Å². The Morgan fingerprint density at radius 3 is 2.23 bits per heavy atom. The third-order valence-corrected chi connectivity index (χ3v) is 3.84. The SMILES string of the molecule is COc1ccc(N2CCN(C(=O)CNC(C)(C)C)CC2)cc1. The van der Waals surface area contributed by atoms with E-state index in [9.17, 15) is 4.79 Å². The summed E-state index contributed by atoms with van der Waals surface area (Å²) in [6.07, 6.45) is 0. The summed E-state index contributed by atoms with van der Waals surface area (Å²) in [7, 11) is 1.67. The van der Waals surface area contributed by atoms with Crippen LogP contribution in [0.25, 0.3) is 0 Å². The zero-order valence-corrected chi connectivity index (χ0v) is 14.1. The Hall–Kier alpha value is -1.75. The second kappa shape index (κ2) is 7.01. The number of nitrogens with zero attached hydrogens (tertiary/aromatic N) is 2. The number of carbonyl (C=O) groups is 1. The molecule has 0 atom stereocenters. The molecule has 0 unspecified atom stereocenters. The van der Waals surface area contributed by atoms with E-state index in [4.69, 9.17) is 4.74 Å². The number of methoxy groups -OCH3 is 1. The molecule has 5 nitrogen and oxygen atoms in total. The van der Waals surface area contributed by atoms with Gasteiger partial charge in [-0.25, -0.2) is 0 Å². The molecule has 22 heavy (non-hydrogen) atoms. The lowest BCUT2D eigenvalue weighted by molar-refractivity contribution is -0.130. The summed E-state index contributed by atoms with van der Waals surface area (Å²) >= 11 is 0. The van der Waals surface area contributed by atoms with Crippen molar-refractivity contribution in [3.8, 4) is 5.75 Å². The first-order chi connectivity index (χ1) is 10.4. The smallest absolute Gasteiger partial charge is 0.236 e. The van der Waals surface area contributed by atoms with Gasteiger partial charge in [0.05, 0.1) is 13.7 Å². The molecule has 0 aliphatic carbocycles. The van der Waals surface area contributed by atoms with Crippen LogP contribution in [0.5, 0.6) is 5.75 Å². The maximum Gasteiger partial charge on any atom is 0.236 e. The fourth-order valence-electron chi connectivity index (χ4n) is 2.46. The molecule has 122 valence electrons. The predicted octanol–water partition coefficient (Wildman–Crippen LogP) is 1.73. The normalized spacial score (nSPS) is 15.8. The molecular formula is C17H27N3O2. The molecule has 1 aliphatic rings. The first-order valence-corrected chi connectivity index (χ1v) is 7.81. The van der Waals surface area contributed by atoms with Gasteiger partial charge in [-0.15, -0.1) is 0 Å². The van der Waals surface area contributed by atoms with Gasteiger partial charge < -0.3 is 19.9 Å². The first-order valence-electron chi connectivity index (χ1n) is 7.81. The standard InChI is InChI=1S/C17H27N3O2/c1-17(2,3)18-13-16(21)20-11-9-19(10-12-20)14-5-7-15(22-4)8-6-14/h5-8,18H,9-13H2,1-4H3. The van der Waals surface area contributed by atoms with Gasteiger partial charge in [-0.3, -0.25) is 4.79 Å². The molecule has 1 aromatic carbocycles. The van der Waals surface area contributed by atoms with Crippen LogP contribution in [0.4, 0.5) is 5.69 Å². The highest BCUT2D eigenvalue weighted by atomic mass is 16.5. The monoisotopic (exact) mass is 305 g/mol. The van der Waals surface area contributed by atoms with Gasteiger partial charge in [0, 0.05) is 37.4 Å². The highest BCUT2D eigenvalue weighted by molar-refractivity contribution is 5.78. The van der Waals surface area contributed by atoms with Gasteiger partial charge in [-0.05, 0) is 45.0 Å². The van der Waals surface area contributed by atoms with Crippen LogP contribution in [-0.4, -0.2) is 56.2 Å². The highest BCUT2D eigenvalue weighted by Crippen LogP contribution is 2.20. The van der Waals surface area contributed by atoms with Gasteiger partial charge in [0.2, 0.25) is 5.91 Å². The minimum Gasteiger partial charge on any atom is -0.497 e. The van der Waals surface area contributed by atoms with E-state index in [-0.39, 0.29) is 11.4 Å². The van der Waals surface area contributed by atoms with Crippen LogP contribution in [0.1, 0.15) is 20.8 Å². The molecule has 0 spiro atoms. The number of rotatable bonds is 4. The van der Waals surface area contributed by atoms with Crippen molar-refractivity contribution >= 4 is 11.6 Å². The number of piperazine rings is 1. The average molecular weight is 305 g/mol. The number of amides is 1. The van der Waals surface area contributed by atoms with Crippen molar-refractivity contribution < 1.29 is 9.53 Å². The Morgan fingerprint density at radius 2 is 1.73 bits per heavy atom. The Balaban J connectivity index is 1.83. The number of hydrogen-bond donors (Lipinski definition) is 1. The van der Waals surface area contributed by atoms with Crippen LogP contribution in [-0.2, 0) is 4.79 Å². The fourth-order valence-corrected chi connectivity index (χ4v) is 2.46. The van der Waals surface area contributed by atoms with Crippen LogP contribution >= 0.6 is 0 Å². The molecule has 1 amide bonds. The number of nitrogens with one attached hydrogen (secondary N) is 1.